The van der Waals surface area contributed by atoms with Crippen LogP contribution in [0.3, 0.4) is 0 Å². The molecule has 1 unspecified atom stereocenters. The number of halogens is 2. The van der Waals surface area contributed by atoms with E-state index in [-0.39, 0.29) is 6.61 Å². The Morgan fingerprint density at radius 3 is 2.71 bits per heavy atom. The molecular weight excluding hydrogens is 223 g/mol. The fourth-order valence-electron chi connectivity index (χ4n) is 0.957. The predicted molar refractivity (Wildman–Crippen MR) is 58.3 cm³/mol. The Bertz CT molecular complexity index is 279. The number of aliphatic hydroxyl groups excluding tert-OH is 1. The van der Waals surface area contributed by atoms with Crippen LogP contribution >= 0.6 is 23.2 Å². The molecule has 0 bridgehead atoms. The first-order chi connectivity index (χ1) is 6.74. The molecular formula is C10H12Cl2O2. The van der Waals surface area contributed by atoms with Crippen molar-refractivity contribution >= 4 is 23.2 Å². The van der Waals surface area contributed by atoms with Crippen LogP contribution in [0, 0.1) is 0 Å². The molecule has 0 saturated heterocycles. The molecule has 4 heteroatoms. The van der Waals surface area contributed by atoms with Crippen molar-refractivity contribution in [3.63, 3.8) is 0 Å². The molecule has 1 N–H and O–H groups in total. The van der Waals surface area contributed by atoms with Crippen molar-refractivity contribution in [1.29, 1.82) is 0 Å². The smallest absolute Gasteiger partial charge is 0.138 e. The Labute approximate surface area is 93.4 Å². The Morgan fingerprint density at radius 2 is 2.07 bits per heavy atom. The molecule has 0 amide bonds. The quantitative estimate of drug-likeness (QED) is 0.795. The normalized spacial score (nSPS) is 12.5. The van der Waals surface area contributed by atoms with Gasteiger partial charge in [-0.2, -0.15) is 0 Å². The van der Waals surface area contributed by atoms with E-state index in [1.807, 2.05) is 12.1 Å². The number of rotatable bonds is 5. The maximum atomic E-state index is 9.35. The molecule has 1 aromatic rings. The lowest BCUT2D eigenvalue weighted by atomic mass is 10.3. The maximum Gasteiger partial charge on any atom is 0.138 e. The largest absolute Gasteiger partial charge is 0.489 e. The standard InChI is InChI=1S/C10H12Cl2O2/c11-6-5-8(13)7-14-10-4-2-1-3-9(10)12/h1-4,8,13H,5-7H2. The van der Waals surface area contributed by atoms with Crippen LogP contribution in [0.15, 0.2) is 24.3 Å². The van der Waals surface area contributed by atoms with Crippen molar-refractivity contribution in [1.82, 2.24) is 0 Å². The van der Waals surface area contributed by atoms with Crippen LogP contribution in [0.4, 0.5) is 0 Å². The van der Waals surface area contributed by atoms with Crippen molar-refractivity contribution in [3.05, 3.63) is 29.3 Å². The van der Waals surface area contributed by atoms with Gasteiger partial charge in [-0.05, 0) is 18.6 Å². The van der Waals surface area contributed by atoms with Gasteiger partial charge in [0, 0.05) is 5.88 Å². The molecule has 78 valence electrons. The van der Waals surface area contributed by atoms with E-state index >= 15 is 0 Å². The SMILES string of the molecule is OC(CCCl)COc1ccccc1Cl. The van der Waals surface area contributed by atoms with Gasteiger partial charge in [-0.15, -0.1) is 11.6 Å². The number of aliphatic hydroxyl groups is 1. The van der Waals surface area contributed by atoms with Crippen LogP contribution in [0.1, 0.15) is 6.42 Å². The topological polar surface area (TPSA) is 29.5 Å². The molecule has 14 heavy (non-hydrogen) atoms. The van der Waals surface area contributed by atoms with Crippen molar-refractivity contribution in [2.75, 3.05) is 12.5 Å². The molecule has 1 rings (SSSR count). The molecule has 0 radical (unpaired) electrons. The van der Waals surface area contributed by atoms with Gasteiger partial charge in [-0.25, -0.2) is 0 Å². The third kappa shape index (κ3) is 3.74. The van der Waals surface area contributed by atoms with E-state index in [1.54, 1.807) is 12.1 Å². The summed E-state index contributed by atoms with van der Waals surface area (Å²) in [6.07, 6.45) is -0.0183. The number of alkyl halides is 1. The molecule has 0 aliphatic heterocycles. The summed E-state index contributed by atoms with van der Waals surface area (Å²) in [6.45, 7) is 0.219. The van der Waals surface area contributed by atoms with Crippen LogP contribution in [0.25, 0.3) is 0 Å². The van der Waals surface area contributed by atoms with Crippen LogP contribution in [0.5, 0.6) is 5.75 Å². The van der Waals surface area contributed by atoms with Crippen molar-refractivity contribution in [2.45, 2.75) is 12.5 Å². The lowest BCUT2D eigenvalue weighted by molar-refractivity contribution is 0.105. The second-order valence-corrected chi connectivity index (χ2v) is 3.66. The zero-order valence-electron chi connectivity index (χ0n) is 7.62. The Kier molecular flexibility index (Phi) is 5.09. The van der Waals surface area contributed by atoms with Crippen LogP contribution in [0.2, 0.25) is 5.02 Å². The van der Waals surface area contributed by atoms with Gasteiger partial charge in [0.15, 0.2) is 0 Å². The summed E-state index contributed by atoms with van der Waals surface area (Å²) in [4.78, 5) is 0. The first kappa shape index (κ1) is 11.6. The monoisotopic (exact) mass is 234 g/mol. The number of hydrogen-bond acceptors (Lipinski definition) is 2. The van der Waals surface area contributed by atoms with Crippen molar-refractivity contribution < 1.29 is 9.84 Å². The summed E-state index contributed by atoms with van der Waals surface area (Å²) in [5.41, 5.74) is 0. The molecule has 2 nitrogen and oxygen atoms in total. The van der Waals surface area contributed by atoms with E-state index in [0.29, 0.717) is 23.1 Å². The van der Waals surface area contributed by atoms with E-state index < -0.39 is 6.10 Å². The molecule has 0 heterocycles. The van der Waals surface area contributed by atoms with Gasteiger partial charge in [-0.1, -0.05) is 23.7 Å². The Balaban J connectivity index is 2.41. The van der Waals surface area contributed by atoms with Gasteiger partial charge in [-0.3, -0.25) is 0 Å². The highest BCUT2D eigenvalue weighted by atomic mass is 35.5. The molecule has 0 fully saturated rings. The zero-order chi connectivity index (χ0) is 10.4. The lowest BCUT2D eigenvalue weighted by Gasteiger charge is -2.11. The van der Waals surface area contributed by atoms with Gasteiger partial charge in [0.05, 0.1) is 11.1 Å². The average molecular weight is 235 g/mol. The summed E-state index contributed by atoms with van der Waals surface area (Å²) in [7, 11) is 0. The fraction of sp³-hybridized carbons (Fsp3) is 0.400. The summed E-state index contributed by atoms with van der Waals surface area (Å²) >= 11 is 11.3. The van der Waals surface area contributed by atoms with E-state index in [0.717, 1.165) is 0 Å². The van der Waals surface area contributed by atoms with Crippen LogP contribution in [-0.4, -0.2) is 23.7 Å². The minimum Gasteiger partial charge on any atom is -0.489 e. The number of hydrogen-bond donors (Lipinski definition) is 1. The van der Waals surface area contributed by atoms with Gasteiger partial charge in [0.25, 0.3) is 0 Å². The third-order valence-electron chi connectivity index (χ3n) is 1.71. The zero-order valence-corrected chi connectivity index (χ0v) is 9.13. The van der Waals surface area contributed by atoms with E-state index in [4.69, 9.17) is 27.9 Å². The molecule has 0 aliphatic carbocycles. The minimum atomic E-state index is -0.538. The third-order valence-corrected chi connectivity index (χ3v) is 2.24. The summed E-state index contributed by atoms with van der Waals surface area (Å²) < 4.78 is 5.31. The highest BCUT2D eigenvalue weighted by Gasteiger charge is 2.05. The summed E-state index contributed by atoms with van der Waals surface area (Å²) in [5, 5.41) is 9.90. The molecule has 0 saturated carbocycles. The number of ether oxygens (including phenoxy) is 1. The number of para-hydroxylation sites is 1. The lowest BCUT2D eigenvalue weighted by Crippen LogP contribution is -2.17. The minimum absolute atomic E-state index is 0.219. The Hall–Kier alpha value is -0.440. The first-order valence-electron chi connectivity index (χ1n) is 4.35. The summed E-state index contributed by atoms with van der Waals surface area (Å²) in [6, 6.07) is 7.15. The second kappa shape index (κ2) is 6.12. The van der Waals surface area contributed by atoms with Gasteiger partial charge >= 0.3 is 0 Å². The van der Waals surface area contributed by atoms with Crippen LogP contribution < -0.4 is 4.74 Å². The van der Waals surface area contributed by atoms with E-state index in [9.17, 15) is 5.11 Å². The van der Waals surface area contributed by atoms with E-state index in [1.165, 1.54) is 0 Å². The van der Waals surface area contributed by atoms with Gasteiger partial charge in [0.2, 0.25) is 0 Å². The van der Waals surface area contributed by atoms with Gasteiger partial charge < -0.3 is 9.84 Å². The maximum absolute atomic E-state index is 9.35. The Morgan fingerprint density at radius 1 is 1.36 bits per heavy atom. The highest BCUT2D eigenvalue weighted by molar-refractivity contribution is 6.32. The fourth-order valence-corrected chi connectivity index (χ4v) is 1.40. The van der Waals surface area contributed by atoms with Crippen LogP contribution in [-0.2, 0) is 0 Å². The van der Waals surface area contributed by atoms with Crippen molar-refractivity contribution in [2.24, 2.45) is 0 Å². The predicted octanol–water partition coefficient (Wildman–Crippen LogP) is 2.71. The highest BCUT2D eigenvalue weighted by Crippen LogP contribution is 2.23. The van der Waals surface area contributed by atoms with Gasteiger partial charge in [0.1, 0.15) is 12.4 Å². The average Bonchev–Trinajstić information content (AvgIpc) is 2.17. The summed E-state index contributed by atoms with van der Waals surface area (Å²) in [5.74, 6) is 1.01. The molecule has 0 spiro atoms. The molecule has 0 aliphatic rings. The first-order valence-corrected chi connectivity index (χ1v) is 5.26. The van der Waals surface area contributed by atoms with Crippen molar-refractivity contribution in [3.8, 4) is 5.75 Å². The molecule has 0 aromatic heterocycles. The number of benzene rings is 1. The molecule has 1 atom stereocenters. The van der Waals surface area contributed by atoms with E-state index in [2.05, 4.69) is 0 Å². The molecule has 1 aromatic carbocycles. The second-order valence-electron chi connectivity index (χ2n) is 2.87.